The molecule has 0 saturated carbocycles. The largest absolute Gasteiger partial charge is 0.504 e. The van der Waals surface area contributed by atoms with Crippen LogP contribution in [0.2, 0.25) is 0 Å². The Kier molecular flexibility index (Phi) is 4.47. The van der Waals surface area contributed by atoms with Gasteiger partial charge in [-0.3, -0.25) is 0 Å². The summed E-state index contributed by atoms with van der Waals surface area (Å²) in [5.74, 6) is 0.105. The van der Waals surface area contributed by atoms with E-state index in [2.05, 4.69) is 10.1 Å². The zero-order valence-corrected chi connectivity index (χ0v) is 12.5. The molecule has 0 unspecified atom stereocenters. The molecule has 1 aromatic heterocycles. The van der Waals surface area contributed by atoms with Crippen LogP contribution >= 0.6 is 0 Å². The van der Waals surface area contributed by atoms with Gasteiger partial charge in [0.05, 0.1) is 5.56 Å². The monoisotopic (exact) mass is 292 g/mol. The number of aromatic hydroxyl groups is 2. The predicted octanol–water partition coefficient (Wildman–Crippen LogP) is 3.20. The lowest BCUT2D eigenvalue weighted by molar-refractivity contribution is -0.0583. The maximum atomic E-state index is 9.87. The molecule has 0 aliphatic rings. The van der Waals surface area contributed by atoms with Crippen LogP contribution in [0.3, 0.4) is 0 Å². The van der Waals surface area contributed by atoms with Crippen LogP contribution in [0.15, 0.2) is 22.7 Å². The minimum absolute atomic E-state index is 0.157. The van der Waals surface area contributed by atoms with Crippen LogP contribution in [0.4, 0.5) is 0 Å². The van der Waals surface area contributed by atoms with Crippen LogP contribution < -0.4 is 0 Å². The first-order chi connectivity index (χ1) is 10.1. The van der Waals surface area contributed by atoms with Crippen LogP contribution in [0.25, 0.3) is 11.5 Å². The van der Waals surface area contributed by atoms with Gasteiger partial charge in [0.25, 0.3) is 5.89 Å². The van der Waals surface area contributed by atoms with E-state index in [1.807, 2.05) is 20.8 Å². The molecule has 2 rings (SSSR count). The molecule has 0 spiro atoms. The van der Waals surface area contributed by atoms with Crippen molar-refractivity contribution in [2.45, 2.75) is 39.2 Å². The van der Waals surface area contributed by atoms with Crippen molar-refractivity contribution in [3.63, 3.8) is 0 Å². The normalized spacial score (nSPS) is 11.8. The van der Waals surface area contributed by atoms with E-state index in [9.17, 15) is 10.2 Å². The molecule has 0 amide bonds. The molecule has 0 atom stereocenters. The van der Waals surface area contributed by atoms with Crippen LogP contribution in [0.1, 0.15) is 39.4 Å². The molecule has 0 bridgehead atoms. The van der Waals surface area contributed by atoms with Crippen molar-refractivity contribution < 1.29 is 19.5 Å². The van der Waals surface area contributed by atoms with Gasteiger partial charge in [-0.25, -0.2) is 0 Å². The summed E-state index contributed by atoms with van der Waals surface area (Å²) < 4.78 is 11.1. The van der Waals surface area contributed by atoms with Crippen LogP contribution in [-0.4, -0.2) is 27.0 Å². The number of aromatic nitrogens is 2. The second-order valence-electron chi connectivity index (χ2n) is 4.73. The highest BCUT2D eigenvalue weighted by Crippen LogP contribution is 2.37. The Morgan fingerprint density at radius 3 is 2.52 bits per heavy atom. The number of para-hydroxylation sites is 1. The lowest BCUT2D eigenvalue weighted by atomic mass is 9.96. The first-order valence-electron chi connectivity index (χ1n) is 7.07. The third-order valence-corrected chi connectivity index (χ3v) is 3.64. The first-order valence-corrected chi connectivity index (χ1v) is 7.07. The van der Waals surface area contributed by atoms with Gasteiger partial charge in [0, 0.05) is 6.61 Å². The van der Waals surface area contributed by atoms with E-state index >= 15 is 0 Å². The molecule has 0 aliphatic carbocycles. The highest BCUT2D eigenvalue weighted by molar-refractivity contribution is 5.66. The predicted molar refractivity (Wildman–Crippen MR) is 76.9 cm³/mol. The van der Waals surface area contributed by atoms with E-state index in [0.29, 0.717) is 30.8 Å². The van der Waals surface area contributed by atoms with Gasteiger partial charge >= 0.3 is 0 Å². The average molecular weight is 292 g/mol. The maximum absolute atomic E-state index is 9.87. The van der Waals surface area contributed by atoms with Gasteiger partial charge in [-0.2, -0.15) is 4.98 Å². The zero-order valence-electron chi connectivity index (χ0n) is 12.5. The Bertz CT molecular complexity index is 605. The summed E-state index contributed by atoms with van der Waals surface area (Å²) in [6, 6.07) is 4.59. The number of ether oxygens (including phenoxy) is 1. The Labute approximate surface area is 123 Å². The molecule has 1 heterocycles. The summed E-state index contributed by atoms with van der Waals surface area (Å²) >= 11 is 0. The summed E-state index contributed by atoms with van der Waals surface area (Å²) in [5.41, 5.74) is -0.297. The molecule has 0 fully saturated rings. The Hall–Kier alpha value is -2.08. The average Bonchev–Trinajstić information content (AvgIpc) is 2.98. The number of phenolic OH excluding ortho intramolecular Hbond substituents is 2. The van der Waals surface area contributed by atoms with Gasteiger partial charge in [0.2, 0.25) is 5.82 Å². The van der Waals surface area contributed by atoms with Crippen molar-refractivity contribution >= 4 is 0 Å². The zero-order chi connectivity index (χ0) is 15.5. The fourth-order valence-corrected chi connectivity index (χ4v) is 2.33. The van der Waals surface area contributed by atoms with Crippen molar-refractivity contribution in [3.8, 4) is 23.0 Å². The molecule has 6 nitrogen and oxygen atoms in total. The van der Waals surface area contributed by atoms with Crippen LogP contribution in [-0.2, 0) is 10.3 Å². The molecule has 0 saturated heterocycles. The smallest absolute Gasteiger partial charge is 0.261 e. The topological polar surface area (TPSA) is 88.6 Å². The quantitative estimate of drug-likeness (QED) is 0.795. The number of phenols is 2. The molecule has 6 heteroatoms. The van der Waals surface area contributed by atoms with Crippen molar-refractivity contribution in [3.05, 3.63) is 24.0 Å². The second kappa shape index (κ2) is 6.13. The molecule has 2 aromatic rings. The van der Waals surface area contributed by atoms with Crippen LogP contribution in [0, 0.1) is 0 Å². The van der Waals surface area contributed by atoms with E-state index in [1.54, 1.807) is 12.1 Å². The van der Waals surface area contributed by atoms with E-state index in [-0.39, 0.29) is 17.4 Å². The minimum Gasteiger partial charge on any atom is -0.504 e. The lowest BCUT2D eigenvalue weighted by Gasteiger charge is -2.27. The molecular formula is C15H20N2O4. The van der Waals surface area contributed by atoms with Crippen molar-refractivity contribution in [2.75, 3.05) is 6.61 Å². The van der Waals surface area contributed by atoms with Crippen molar-refractivity contribution in [1.29, 1.82) is 0 Å². The lowest BCUT2D eigenvalue weighted by Crippen LogP contribution is -2.29. The summed E-state index contributed by atoms with van der Waals surface area (Å²) in [4.78, 5) is 4.34. The van der Waals surface area contributed by atoms with Gasteiger partial charge in [-0.15, -0.1) is 0 Å². The van der Waals surface area contributed by atoms with Gasteiger partial charge in [-0.05, 0) is 31.9 Å². The summed E-state index contributed by atoms with van der Waals surface area (Å²) in [6.07, 6.45) is 1.42. The molecule has 21 heavy (non-hydrogen) atoms. The number of benzene rings is 1. The Balaban J connectivity index is 2.43. The summed E-state index contributed by atoms with van der Waals surface area (Å²) in [6.45, 7) is 6.47. The molecule has 0 radical (unpaired) electrons. The van der Waals surface area contributed by atoms with E-state index in [4.69, 9.17) is 9.26 Å². The summed E-state index contributed by atoms with van der Waals surface area (Å²) in [7, 11) is 0. The number of hydrogen-bond acceptors (Lipinski definition) is 6. The minimum atomic E-state index is -0.594. The Morgan fingerprint density at radius 1 is 1.19 bits per heavy atom. The third-order valence-electron chi connectivity index (χ3n) is 3.64. The van der Waals surface area contributed by atoms with E-state index in [0.717, 1.165) is 0 Å². The highest BCUT2D eigenvalue weighted by atomic mass is 16.5. The van der Waals surface area contributed by atoms with E-state index in [1.165, 1.54) is 6.07 Å². The van der Waals surface area contributed by atoms with Crippen molar-refractivity contribution in [1.82, 2.24) is 10.1 Å². The number of hydrogen-bond donors (Lipinski definition) is 2. The van der Waals surface area contributed by atoms with E-state index < -0.39 is 5.60 Å². The third kappa shape index (κ3) is 2.71. The van der Waals surface area contributed by atoms with Crippen LogP contribution in [0.5, 0.6) is 11.5 Å². The van der Waals surface area contributed by atoms with Gasteiger partial charge in [-0.1, -0.05) is 25.1 Å². The molecule has 1 aromatic carbocycles. The molecule has 114 valence electrons. The van der Waals surface area contributed by atoms with Gasteiger partial charge in [0.1, 0.15) is 5.60 Å². The summed E-state index contributed by atoms with van der Waals surface area (Å²) in [5, 5.41) is 23.4. The van der Waals surface area contributed by atoms with Gasteiger partial charge < -0.3 is 19.5 Å². The van der Waals surface area contributed by atoms with Crippen molar-refractivity contribution in [2.24, 2.45) is 0 Å². The SMILES string of the molecule is CCOC(CC)(CC)c1noc(-c2cccc(O)c2O)n1. The second-order valence-corrected chi connectivity index (χ2v) is 4.73. The Morgan fingerprint density at radius 2 is 1.90 bits per heavy atom. The maximum Gasteiger partial charge on any atom is 0.261 e. The number of nitrogens with zero attached hydrogens (tertiary/aromatic N) is 2. The molecular weight excluding hydrogens is 272 g/mol. The molecule has 2 N–H and O–H groups in total. The fourth-order valence-electron chi connectivity index (χ4n) is 2.33. The first kappa shape index (κ1) is 15.3. The highest BCUT2D eigenvalue weighted by Gasteiger charge is 2.35. The standard InChI is InChI=1S/C15H20N2O4/c1-4-15(5-2,20-6-3)14-16-13(21-17-14)10-8-7-9-11(18)12(10)19/h7-9,18-19H,4-6H2,1-3H3. The molecule has 0 aliphatic heterocycles. The fraction of sp³-hybridized carbons (Fsp3) is 0.467. The van der Waals surface area contributed by atoms with Gasteiger partial charge in [0.15, 0.2) is 11.5 Å². The number of rotatable bonds is 6.